The first kappa shape index (κ1) is 19.9. The molecule has 0 spiro atoms. The minimum Gasteiger partial charge on any atom is -0.460 e. The lowest BCUT2D eigenvalue weighted by molar-refractivity contribution is -0.150. The number of esters is 1. The molecule has 1 aliphatic heterocycles. The summed E-state index contributed by atoms with van der Waals surface area (Å²) in [5, 5.41) is 0. The van der Waals surface area contributed by atoms with Crippen LogP contribution in [0.4, 0.5) is 0 Å². The number of hydrogen-bond donors (Lipinski definition) is 0. The number of nitrogens with zero attached hydrogens (tertiary/aromatic N) is 2. The van der Waals surface area contributed by atoms with Crippen LogP contribution in [-0.4, -0.2) is 66.8 Å². The largest absolute Gasteiger partial charge is 0.460 e. The highest BCUT2D eigenvalue weighted by Crippen LogP contribution is 2.22. The Hall–Kier alpha value is -1.43. The van der Waals surface area contributed by atoms with E-state index in [9.17, 15) is 14.4 Å². The number of amides is 1. The summed E-state index contributed by atoms with van der Waals surface area (Å²) in [6.45, 7) is 3.28. The molecule has 1 amide bonds. The maximum atomic E-state index is 12.4. The summed E-state index contributed by atoms with van der Waals surface area (Å²) < 4.78 is 13.1. The summed E-state index contributed by atoms with van der Waals surface area (Å²) in [7, 11) is 4.07. The molecule has 25 heavy (non-hydrogen) atoms. The number of carbonyl (C=O) groups excluding carboxylic acids is 3. The molecule has 1 heterocycles. The molecule has 0 aromatic rings. The van der Waals surface area contributed by atoms with Gasteiger partial charge in [-0.3, -0.25) is 14.4 Å². The van der Waals surface area contributed by atoms with Gasteiger partial charge in [0.25, 0.3) is 0 Å². The van der Waals surface area contributed by atoms with Crippen molar-refractivity contribution in [1.82, 2.24) is 9.80 Å². The maximum absolute atomic E-state index is 12.4. The van der Waals surface area contributed by atoms with E-state index in [0.29, 0.717) is 25.8 Å². The Morgan fingerprint density at radius 1 is 1.16 bits per heavy atom. The smallest absolute Gasteiger partial charge is 0.306 e. The van der Waals surface area contributed by atoms with E-state index in [1.807, 2.05) is 14.1 Å². The average molecular weight is 355 g/mol. The Morgan fingerprint density at radius 3 is 2.56 bits per heavy atom. The number of carbonyl (C=O) groups is 3. The Balaban J connectivity index is 2.36. The predicted molar refractivity (Wildman–Crippen MR) is 97.2 cm³/mol. The van der Waals surface area contributed by atoms with Gasteiger partial charge in [0.1, 0.15) is 11.9 Å². The quantitative estimate of drug-likeness (QED) is 0.420. The molecule has 0 unspecified atom stereocenters. The van der Waals surface area contributed by atoms with Gasteiger partial charge in [-0.25, -0.2) is 0 Å². The Labute approximate surface area is 153 Å². The minimum atomic E-state index is -0.390. The van der Waals surface area contributed by atoms with Crippen LogP contribution in [0.15, 0.2) is 0 Å². The predicted octanol–water partition coefficient (Wildman–Crippen LogP) is 2.40. The fourth-order valence-corrected chi connectivity index (χ4v) is 2.95. The molecule has 1 rings (SSSR count). The first-order valence-corrected chi connectivity index (χ1v) is 9.32. The molecule has 0 saturated carbocycles. The highest BCUT2D eigenvalue weighted by Gasteiger charge is 2.34. The number of ketones is 1. The van der Waals surface area contributed by atoms with Crippen molar-refractivity contribution >= 4 is 17.7 Å². The van der Waals surface area contributed by atoms with Crippen LogP contribution in [0.1, 0.15) is 66.6 Å². The van der Waals surface area contributed by atoms with Gasteiger partial charge in [-0.1, -0.05) is 13.3 Å². The third kappa shape index (κ3) is 8.47. The van der Waals surface area contributed by atoms with Crippen molar-refractivity contribution in [3.63, 3.8) is 0 Å². The minimum absolute atomic E-state index is 0.0449. The first-order chi connectivity index (χ1) is 12.4. The van der Waals surface area contributed by atoms with E-state index in [4.69, 9.17) is 6.11 Å². The van der Waals surface area contributed by atoms with Crippen LogP contribution < -0.4 is 0 Å². The summed E-state index contributed by atoms with van der Waals surface area (Å²) in [4.78, 5) is 39.4. The monoisotopic (exact) mass is 355 g/mol. The van der Waals surface area contributed by atoms with E-state index in [-0.39, 0.29) is 43.6 Å². The van der Waals surface area contributed by atoms with Gasteiger partial charge in [0.2, 0.25) is 5.91 Å². The standard InChI is InChI=1S/C19H34N2O4/c1-5-16(22)10-11-19(24)25-17-13-15(2)21(14-17)18(23)9-7-6-8-12-20(3)4/h15,17H,5-14H2,1-4H3/t15-,17-/m1/s1/i2D. The van der Waals surface area contributed by atoms with E-state index in [0.717, 1.165) is 25.8 Å². The van der Waals surface area contributed by atoms with Crippen LogP contribution >= 0.6 is 0 Å². The zero-order valence-electron chi connectivity index (χ0n) is 17.0. The molecular formula is C19H34N2O4. The highest BCUT2D eigenvalue weighted by molar-refractivity contribution is 5.82. The van der Waals surface area contributed by atoms with Crippen LogP contribution in [-0.2, 0) is 19.1 Å². The number of Topliss-reactive ketones (excluding diaryl/α,β-unsaturated/α-hetero) is 1. The molecular weight excluding hydrogens is 320 g/mol. The van der Waals surface area contributed by atoms with Crippen molar-refractivity contribution < 1.29 is 20.5 Å². The molecule has 0 aromatic heterocycles. The fraction of sp³-hybridized carbons (Fsp3) is 0.842. The van der Waals surface area contributed by atoms with Gasteiger partial charge < -0.3 is 14.5 Å². The van der Waals surface area contributed by atoms with Crippen molar-refractivity contribution in [1.29, 1.82) is 0 Å². The molecule has 1 aliphatic rings. The van der Waals surface area contributed by atoms with Gasteiger partial charge in [0.05, 0.1) is 13.0 Å². The summed E-state index contributed by atoms with van der Waals surface area (Å²) in [5.41, 5.74) is 0. The van der Waals surface area contributed by atoms with Crippen LogP contribution in [0.3, 0.4) is 0 Å². The van der Waals surface area contributed by atoms with Gasteiger partial charge in [-0.05, 0) is 40.4 Å². The Kier molecular flexibility index (Phi) is 8.94. The molecule has 1 fully saturated rings. The highest BCUT2D eigenvalue weighted by atomic mass is 16.5. The van der Waals surface area contributed by atoms with Crippen molar-refractivity contribution in [3.05, 3.63) is 0 Å². The molecule has 144 valence electrons. The third-order valence-corrected chi connectivity index (χ3v) is 4.49. The summed E-state index contributed by atoms with van der Waals surface area (Å²) in [6.07, 6.45) is 4.29. The van der Waals surface area contributed by atoms with Crippen LogP contribution in [0.5, 0.6) is 0 Å². The van der Waals surface area contributed by atoms with Crippen molar-refractivity contribution in [3.8, 4) is 0 Å². The molecule has 2 atom stereocenters. The average Bonchev–Trinajstić information content (AvgIpc) is 3.01. The number of likely N-dealkylation sites (tertiary alicyclic amines) is 1. The van der Waals surface area contributed by atoms with E-state index in [1.54, 1.807) is 11.8 Å². The summed E-state index contributed by atoms with van der Waals surface area (Å²) >= 11 is 0. The molecule has 0 bridgehead atoms. The van der Waals surface area contributed by atoms with Gasteiger partial charge in [0.15, 0.2) is 0 Å². The normalized spacial score (nSPS) is 20.6. The topological polar surface area (TPSA) is 66.9 Å². The Morgan fingerprint density at radius 2 is 1.92 bits per heavy atom. The second kappa shape index (κ2) is 11.2. The lowest BCUT2D eigenvalue weighted by atomic mass is 10.1. The summed E-state index contributed by atoms with van der Waals surface area (Å²) in [5.74, 6) is -0.297. The zero-order valence-corrected chi connectivity index (χ0v) is 16.0. The lowest BCUT2D eigenvalue weighted by Gasteiger charge is -2.21. The fourth-order valence-electron chi connectivity index (χ4n) is 2.95. The second-order valence-corrected chi connectivity index (χ2v) is 7.05. The molecule has 0 aromatic carbocycles. The van der Waals surface area contributed by atoms with Gasteiger partial charge >= 0.3 is 5.97 Å². The maximum Gasteiger partial charge on any atom is 0.306 e. The van der Waals surface area contributed by atoms with Crippen molar-refractivity contribution in [2.75, 3.05) is 27.2 Å². The molecule has 6 nitrogen and oxygen atoms in total. The Bertz CT molecular complexity index is 470. The van der Waals surface area contributed by atoms with E-state index < -0.39 is 5.97 Å². The van der Waals surface area contributed by atoms with E-state index >= 15 is 0 Å². The van der Waals surface area contributed by atoms with Crippen LogP contribution in [0, 0.1) is 0 Å². The molecule has 0 aliphatic carbocycles. The van der Waals surface area contributed by atoms with Crippen molar-refractivity contribution in [2.24, 2.45) is 0 Å². The summed E-state index contributed by atoms with van der Waals surface area (Å²) in [6, 6.07) is -0.181. The van der Waals surface area contributed by atoms with Gasteiger partial charge in [-0.15, -0.1) is 0 Å². The number of hydrogen-bond acceptors (Lipinski definition) is 5. The third-order valence-electron chi connectivity index (χ3n) is 4.49. The van der Waals surface area contributed by atoms with Gasteiger partial charge in [0, 0.05) is 33.1 Å². The molecule has 1 saturated heterocycles. The number of unbranched alkanes of at least 4 members (excludes halogenated alkanes) is 2. The van der Waals surface area contributed by atoms with E-state index in [1.165, 1.54) is 0 Å². The SMILES string of the molecule is [2H]C[C@@H]1C[C@@H](OC(=O)CCC(=O)CC)CN1C(=O)CCCCCN(C)C. The lowest BCUT2D eigenvalue weighted by Crippen LogP contribution is -2.34. The van der Waals surface area contributed by atoms with E-state index in [2.05, 4.69) is 4.90 Å². The second-order valence-electron chi connectivity index (χ2n) is 7.05. The molecule has 6 heteroatoms. The first-order valence-electron chi connectivity index (χ1n) is 10.0. The van der Waals surface area contributed by atoms with Gasteiger partial charge in [-0.2, -0.15) is 0 Å². The molecule has 0 N–H and O–H groups in total. The number of ether oxygens (including phenoxy) is 1. The van der Waals surface area contributed by atoms with Crippen molar-refractivity contribution in [2.45, 2.75) is 77.3 Å². The zero-order chi connectivity index (χ0) is 19.5. The number of rotatable bonds is 11. The van der Waals surface area contributed by atoms with Crippen LogP contribution in [0.25, 0.3) is 0 Å². The molecule has 0 radical (unpaired) electrons. The van der Waals surface area contributed by atoms with Crippen LogP contribution in [0.2, 0.25) is 0 Å².